The molecule has 0 bridgehead atoms. The van der Waals surface area contributed by atoms with Crippen LogP contribution in [0.4, 0.5) is 0 Å². The van der Waals surface area contributed by atoms with Crippen LogP contribution in [-0.4, -0.2) is 37.2 Å². The van der Waals surface area contributed by atoms with Gasteiger partial charge in [-0.05, 0) is 103 Å². The van der Waals surface area contributed by atoms with E-state index < -0.39 is 6.10 Å². The fraction of sp³-hybridized carbons (Fsp3) is 0.525. The molecule has 1 unspecified atom stereocenters. The zero-order valence-corrected chi connectivity index (χ0v) is 42.3. The highest BCUT2D eigenvalue weighted by Crippen LogP contribution is 2.11. The predicted molar refractivity (Wildman–Crippen MR) is 288 cm³/mol. The van der Waals surface area contributed by atoms with E-state index in [1.54, 1.807) is 0 Å². The summed E-state index contributed by atoms with van der Waals surface area (Å²) in [4.78, 5) is 38.0. The maximum absolute atomic E-state index is 12.8. The van der Waals surface area contributed by atoms with Crippen molar-refractivity contribution in [3.8, 4) is 0 Å². The molecule has 1 atom stereocenters. The first-order chi connectivity index (χ1) is 33.0. The Labute approximate surface area is 409 Å². The monoisotopic (exact) mass is 921 g/mol. The lowest BCUT2D eigenvalue weighted by molar-refractivity contribution is -0.166. The molecule has 0 saturated heterocycles. The SMILES string of the molecule is CC\C=C/C=C\C=C/C=C\C=C\C=C/CCCCCC(=O)OC(COC(=O)CC/C=C\C/C=C\C/C=C\C/C=C\C/C=C\C/C=C\CC)COC(=O)CCCCC/C=C\CCCCCCCC. The van der Waals surface area contributed by atoms with Gasteiger partial charge in [0.25, 0.3) is 0 Å². The molecule has 0 aromatic carbocycles. The van der Waals surface area contributed by atoms with Gasteiger partial charge in [-0.15, -0.1) is 0 Å². The van der Waals surface area contributed by atoms with Crippen LogP contribution in [-0.2, 0) is 28.6 Å². The quantitative estimate of drug-likeness (QED) is 0.0199. The van der Waals surface area contributed by atoms with E-state index in [1.807, 2.05) is 72.9 Å². The summed E-state index contributed by atoms with van der Waals surface area (Å²) in [6.07, 6.45) is 78.1. The van der Waals surface area contributed by atoms with Gasteiger partial charge in [0.05, 0.1) is 0 Å². The average Bonchev–Trinajstić information content (AvgIpc) is 3.33. The Balaban J connectivity index is 4.65. The Morgan fingerprint density at radius 3 is 1.18 bits per heavy atom. The van der Waals surface area contributed by atoms with Crippen molar-refractivity contribution in [3.63, 3.8) is 0 Å². The number of ether oxygens (including phenoxy) is 3. The molecule has 0 aliphatic carbocycles. The molecule has 0 aromatic rings. The predicted octanol–water partition coefficient (Wildman–Crippen LogP) is 17.4. The van der Waals surface area contributed by atoms with Crippen LogP contribution in [0, 0.1) is 0 Å². The van der Waals surface area contributed by atoms with Crippen molar-refractivity contribution in [3.05, 3.63) is 158 Å². The van der Waals surface area contributed by atoms with Gasteiger partial charge in [-0.25, -0.2) is 0 Å². The summed E-state index contributed by atoms with van der Waals surface area (Å²) in [6.45, 7) is 6.22. The van der Waals surface area contributed by atoms with E-state index in [1.165, 1.54) is 38.5 Å². The highest BCUT2D eigenvalue weighted by Gasteiger charge is 2.19. The molecule has 0 radical (unpaired) electrons. The van der Waals surface area contributed by atoms with Crippen molar-refractivity contribution < 1.29 is 28.6 Å². The van der Waals surface area contributed by atoms with Crippen LogP contribution in [0.25, 0.3) is 0 Å². The normalized spacial score (nSPS) is 13.4. The maximum atomic E-state index is 12.8. The summed E-state index contributed by atoms with van der Waals surface area (Å²) in [5.41, 5.74) is 0. The van der Waals surface area contributed by atoms with Crippen LogP contribution in [0.1, 0.15) is 188 Å². The number of esters is 3. The molecule has 0 N–H and O–H groups in total. The molecule has 0 aromatic heterocycles. The summed E-state index contributed by atoms with van der Waals surface area (Å²) in [7, 11) is 0. The van der Waals surface area contributed by atoms with Crippen LogP contribution in [0.3, 0.4) is 0 Å². The zero-order chi connectivity index (χ0) is 48.6. The number of rotatable bonds is 44. The van der Waals surface area contributed by atoms with Gasteiger partial charge in [-0.2, -0.15) is 0 Å². The Morgan fingerprint density at radius 1 is 0.328 bits per heavy atom. The van der Waals surface area contributed by atoms with Crippen molar-refractivity contribution in [2.75, 3.05) is 13.2 Å². The van der Waals surface area contributed by atoms with E-state index in [0.29, 0.717) is 19.3 Å². The second-order valence-electron chi connectivity index (χ2n) is 16.5. The summed E-state index contributed by atoms with van der Waals surface area (Å²) in [6, 6.07) is 0. The second kappa shape index (κ2) is 53.6. The van der Waals surface area contributed by atoms with Crippen LogP contribution < -0.4 is 0 Å². The molecule has 0 aliphatic heterocycles. The molecular weight excluding hydrogens is 829 g/mol. The van der Waals surface area contributed by atoms with Gasteiger partial charge in [0, 0.05) is 19.3 Å². The smallest absolute Gasteiger partial charge is 0.306 e. The van der Waals surface area contributed by atoms with Gasteiger partial charge < -0.3 is 14.2 Å². The first-order valence-corrected chi connectivity index (χ1v) is 26.1. The third-order valence-electron chi connectivity index (χ3n) is 10.2. The molecule has 0 fully saturated rings. The number of allylic oxidation sites excluding steroid dienone is 26. The molecule has 0 aliphatic rings. The third kappa shape index (κ3) is 51.9. The van der Waals surface area contributed by atoms with Gasteiger partial charge in [0.1, 0.15) is 13.2 Å². The fourth-order valence-corrected chi connectivity index (χ4v) is 6.32. The first kappa shape index (κ1) is 62.0. The number of carbonyl (C=O) groups is 3. The van der Waals surface area contributed by atoms with Crippen LogP contribution in [0.15, 0.2) is 158 Å². The number of hydrogen-bond donors (Lipinski definition) is 0. The third-order valence-corrected chi connectivity index (χ3v) is 10.2. The molecule has 0 rings (SSSR count). The first-order valence-electron chi connectivity index (χ1n) is 26.1. The average molecular weight is 921 g/mol. The van der Waals surface area contributed by atoms with Gasteiger partial charge in [0.2, 0.25) is 0 Å². The highest BCUT2D eigenvalue weighted by molar-refractivity contribution is 5.71. The summed E-state index contributed by atoms with van der Waals surface area (Å²) >= 11 is 0. The van der Waals surface area contributed by atoms with Gasteiger partial charge in [-0.3, -0.25) is 14.4 Å². The lowest BCUT2D eigenvalue weighted by Crippen LogP contribution is -2.30. The molecule has 67 heavy (non-hydrogen) atoms. The lowest BCUT2D eigenvalue weighted by Gasteiger charge is -2.18. The Bertz CT molecular complexity index is 1570. The van der Waals surface area contributed by atoms with E-state index in [4.69, 9.17) is 14.2 Å². The summed E-state index contributed by atoms with van der Waals surface area (Å²) < 4.78 is 16.7. The standard InChI is InChI=1S/C61H92O6/c1-4-7-10-13-16-19-22-25-27-29-30-32-33-36-39-42-45-48-51-54-60(63)66-57-58(56-65-59(62)53-50-47-44-41-38-35-24-21-18-15-12-9-6-3)67-61(64)55-52-49-46-43-40-37-34-31-28-26-23-20-17-14-11-8-5-2/h7-8,10-11,14,16-17,19-20,23,25-28,30-32,34-40,45,48,58H,4-6,9,12-13,15,18,21-22,24,29,33,41-44,46-47,49-57H2,1-3H3/b10-7-,11-8-,17-14-,19-16-,23-20-,27-25-,28-26-,32-30-,34-31+,38-35-,39-36-,40-37-,48-45-. The molecule has 0 saturated carbocycles. The maximum Gasteiger partial charge on any atom is 0.306 e. The molecule has 0 amide bonds. The van der Waals surface area contributed by atoms with E-state index in [2.05, 4.69) is 106 Å². The van der Waals surface area contributed by atoms with Crippen LogP contribution in [0.5, 0.6) is 0 Å². The van der Waals surface area contributed by atoms with Crippen LogP contribution in [0.2, 0.25) is 0 Å². The van der Waals surface area contributed by atoms with E-state index >= 15 is 0 Å². The molecule has 372 valence electrons. The minimum absolute atomic E-state index is 0.135. The van der Waals surface area contributed by atoms with E-state index in [-0.39, 0.29) is 44.0 Å². The van der Waals surface area contributed by atoms with E-state index in [9.17, 15) is 14.4 Å². The molecule has 6 heteroatoms. The number of unbranched alkanes of at least 4 members (excludes halogenated alkanes) is 12. The molecular formula is C61H92O6. The summed E-state index contributed by atoms with van der Waals surface area (Å²) in [5.74, 6) is -1.10. The highest BCUT2D eigenvalue weighted by atomic mass is 16.6. The minimum atomic E-state index is -0.846. The second-order valence-corrected chi connectivity index (χ2v) is 16.5. The van der Waals surface area contributed by atoms with Crippen molar-refractivity contribution in [1.82, 2.24) is 0 Å². The van der Waals surface area contributed by atoms with Gasteiger partial charge in [0.15, 0.2) is 6.10 Å². The largest absolute Gasteiger partial charge is 0.462 e. The number of carbonyl (C=O) groups excluding carboxylic acids is 3. The minimum Gasteiger partial charge on any atom is -0.462 e. The van der Waals surface area contributed by atoms with Crippen molar-refractivity contribution in [2.45, 2.75) is 194 Å². The Kier molecular flexibility index (Phi) is 49.7. The van der Waals surface area contributed by atoms with Crippen molar-refractivity contribution in [2.24, 2.45) is 0 Å². The van der Waals surface area contributed by atoms with E-state index in [0.717, 1.165) is 96.3 Å². The van der Waals surface area contributed by atoms with Gasteiger partial charge >= 0.3 is 17.9 Å². The van der Waals surface area contributed by atoms with Crippen molar-refractivity contribution in [1.29, 1.82) is 0 Å². The molecule has 6 nitrogen and oxygen atoms in total. The molecule has 0 spiro atoms. The Morgan fingerprint density at radius 2 is 0.687 bits per heavy atom. The topological polar surface area (TPSA) is 78.9 Å². The Hall–Kier alpha value is -4.97. The lowest BCUT2D eigenvalue weighted by atomic mass is 10.1. The van der Waals surface area contributed by atoms with Gasteiger partial charge in [-0.1, -0.05) is 224 Å². The zero-order valence-electron chi connectivity index (χ0n) is 42.3. The van der Waals surface area contributed by atoms with Crippen molar-refractivity contribution >= 4 is 17.9 Å². The van der Waals surface area contributed by atoms with Crippen LogP contribution >= 0.6 is 0 Å². The summed E-state index contributed by atoms with van der Waals surface area (Å²) in [5, 5.41) is 0. The fourth-order valence-electron chi connectivity index (χ4n) is 6.32. The number of hydrogen-bond acceptors (Lipinski definition) is 6. The molecule has 0 heterocycles.